The Kier molecular flexibility index (Phi) is 4.01. The molecule has 0 radical (unpaired) electrons. The molecule has 0 N–H and O–H groups in total. The molecule has 7 heteroatoms. The van der Waals surface area contributed by atoms with E-state index in [-0.39, 0.29) is 11.0 Å². The fraction of sp³-hybridized carbons (Fsp3) is 0.357. The van der Waals surface area contributed by atoms with Crippen LogP contribution < -0.4 is 4.74 Å². The summed E-state index contributed by atoms with van der Waals surface area (Å²) in [5, 5.41) is 0.629. The lowest BCUT2D eigenvalue weighted by Crippen LogP contribution is -2.28. The molecule has 0 amide bonds. The lowest BCUT2D eigenvalue weighted by Gasteiger charge is -2.24. The molecule has 1 aromatic heterocycles. The van der Waals surface area contributed by atoms with Gasteiger partial charge in [0.15, 0.2) is 0 Å². The highest BCUT2D eigenvalue weighted by molar-refractivity contribution is 8.14. The second kappa shape index (κ2) is 5.79. The van der Waals surface area contributed by atoms with Crippen LogP contribution in [0.2, 0.25) is 0 Å². The number of halogens is 1. The average molecular weight is 328 g/mol. The molecule has 1 aliphatic rings. The van der Waals surface area contributed by atoms with Crippen molar-refractivity contribution < 1.29 is 17.9 Å². The first-order chi connectivity index (χ1) is 10.1. The van der Waals surface area contributed by atoms with Gasteiger partial charge in [0.25, 0.3) is 9.05 Å². The molecule has 1 aliphatic heterocycles. The van der Waals surface area contributed by atoms with Gasteiger partial charge in [-0.15, -0.1) is 0 Å². The minimum Gasteiger partial charge on any atom is -0.487 e. The maximum Gasteiger partial charge on any atom is 0.263 e. The van der Waals surface area contributed by atoms with E-state index < -0.39 is 9.05 Å². The molecular formula is C14H14ClNO4S. The number of benzene rings is 1. The van der Waals surface area contributed by atoms with E-state index in [2.05, 4.69) is 4.98 Å². The van der Waals surface area contributed by atoms with Crippen LogP contribution in [0, 0.1) is 0 Å². The number of pyridine rings is 1. The monoisotopic (exact) mass is 327 g/mol. The van der Waals surface area contributed by atoms with Crippen molar-refractivity contribution in [2.24, 2.45) is 0 Å². The second-order valence-electron chi connectivity index (χ2n) is 4.86. The van der Waals surface area contributed by atoms with Gasteiger partial charge in [-0.2, -0.15) is 0 Å². The Labute approximate surface area is 127 Å². The lowest BCUT2D eigenvalue weighted by atomic mass is 10.1. The molecule has 2 heterocycles. The van der Waals surface area contributed by atoms with Crippen LogP contribution in [0.25, 0.3) is 10.9 Å². The van der Waals surface area contributed by atoms with Crippen LogP contribution in [-0.2, 0) is 13.8 Å². The van der Waals surface area contributed by atoms with Crippen molar-refractivity contribution in [2.75, 3.05) is 13.2 Å². The summed E-state index contributed by atoms with van der Waals surface area (Å²) in [4.78, 5) is 4.12. The maximum absolute atomic E-state index is 11.6. The summed E-state index contributed by atoms with van der Waals surface area (Å²) in [6.45, 7) is 1.29. The zero-order valence-electron chi connectivity index (χ0n) is 11.2. The smallest absolute Gasteiger partial charge is 0.263 e. The van der Waals surface area contributed by atoms with Crippen molar-refractivity contribution in [3.63, 3.8) is 0 Å². The van der Waals surface area contributed by atoms with Crippen LogP contribution in [0.15, 0.2) is 35.4 Å². The quantitative estimate of drug-likeness (QED) is 0.811. The van der Waals surface area contributed by atoms with Gasteiger partial charge in [0.1, 0.15) is 16.7 Å². The number of hydrogen-bond acceptors (Lipinski definition) is 5. The molecule has 112 valence electrons. The largest absolute Gasteiger partial charge is 0.487 e. The van der Waals surface area contributed by atoms with Gasteiger partial charge in [-0.3, -0.25) is 4.98 Å². The van der Waals surface area contributed by atoms with Gasteiger partial charge in [0.05, 0.1) is 12.1 Å². The standard InChI is InChI=1S/C14H14ClNO4S/c15-21(17,18)13-6-5-12(11-4-1-7-16-14(11)13)20-10-3-2-8-19-9-10/h1,4-7,10H,2-3,8-9H2. The summed E-state index contributed by atoms with van der Waals surface area (Å²) < 4.78 is 34.5. The fourth-order valence-corrected chi connectivity index (χ4v) is 3.40. The Morgan fingerprint density at radius 3 is 2.90 bits per heavy atom. The third-order valence-electron chi connectivity index (χ3n) is 3.37. The molecule has 0 spiro atoms. The first kappa shape index (κ1) is 14.6. The highest BCUT2D eigenvalue weighted by Gasteiger charge is 2.20. The predicted octanol–water partition coefficient (Wildman–Crippen LogP) is 2.72. The Morgan fingerprint density at radius 2 is 2.19 bits per heavy atom. The molecule has 1 unspecified atom stereocenters. The van der Waals surface area contributed by atoms with Crippen LogP contribution in [0.1, 0.15) is 12.8 Å². The van der Waals surface area contributed by atoms with E-state index >= 15 is 0 Å². The number of rotatable bonds is 3. The van der Waals surface area contributed by atoms with E-state index in [1.807, 2.05) is 0 Å². The SMILES string of the molecule is O=S(=O)(Cl)c1ccc(OC2CCCOC2)c2cccnc12. The summed E-state index contributed by atoms with van der Waals surface area (Å²) in [5.74, 6) is 0.595. The van der Waals surface area contributed by atoms with Gasteiger partial charge in [-0.05, 0) is 37.1 Å². The van der Waals surface area contributed by atoms with Gasteiger partial charge < -0.3 is 9.47 Å². The molecule has 3 rings (SSSR count). The molecular weight excluding hydrogens is 314 g/mol. The lowest BCUT2D eigenvalue weighted by molar-refractivity contribution is 0.00807. The third-order valence-corrected chi connectivity index (χ3v) is 4.72. The molecule has 1 atom stereocenters. The Morgan fingerprint density at radius 1 is 1.33 bits per heavy atom. The Balaban J connectivity index is 2.04. The summed E-state index contributed by atoms with van der Waals surface area (Å²) in [5.41, 5.74) is 0.321. The Bertz CT molecular complexity index is 757. The van der Waals surface area contributed by atoms with Crippen molar-refractivity contribution >= 4 is 30.6 Å². The van der Waals surface area contributed by atoms with Gasteiger partial charge >= 0.3 is 0 Å². The number of hydrogen-bond donors (Lipinski definition) is 0. The van der Waals surface area contributed by atoms with E-state index in [9.17, 15) is 8.42 Å². The zero-order valence-corrected chi connectivity index (χ0v) is 12.7. The van der Waals surface area contributed by atoms with E-state index in [1.54, 1.807) is 18.2 Å². The molecule has 1 aromatic carbocycles. The van der Waals surface area contributed by atoms with Gasteiger partial charge in [-0.1, -0.05) is 0 Å². The first-order valence-corrected chi connectivity index (χ1v) is 8.93. The van der Waals surface area contributed by atoms with Crippen molar-refractivity contribution in [1.82, 2.24) is 4.98 Å². The molecule has 2 aromatic rings. The van der Waals surface area contributed by atoms with Crippen LogP contribution >= 0.6 is 10.7 Å². The van der Waals surface area contributed by atoms with Crippen molar-refractivity contribution in [1.29, 1.82) is 0 Å². The Hall–Kier alpha value is -1.37. The van der Waals surface area contributed by atoms with E-state index in [0.29, 0.717) is 23.3 Å². The molecule has 1 fully saturated rings. The molecule has 1 saturated heterocycles. The van der Waals surface area contributed by atoms with Gasteiger partial charge in [0, 0.05) is 28.9 Å². The summed E-state index contributed by atoms with van der Waals surface area (Å²) >= 11 is 0. The van der Waals surface area contributed by atoms with Crippen molar-refractivity contribution in [2.45, 2.75) is 23.8 Å². The first-order valence-electron chi connectivity index (χ1n) is 6.62. The van der Waals surface area contributed by atoms with Gasteiger partial charge in [-0.25, -0.2) is 8.42 Å². The van der Waals surface area contributed by atoms with Crippen LogP contribution in [0.3, 0.4) is 0 Å². The number of ether oxygens (including phenoxy) is 2. The number of fused-ring (bicyclic) bond motifs is 1. The van der Waals surface area contributed by atoms with Crippen molar-refractivity contribution in [3.8, 4) is 5.75 Å². The van der Waals surface area contributed by atoms with Crippen molar-refractivity contribution in [3.05, 3.63) is 30.5 Å². The van der Waals surface area contributed by atoms with E-state index in [4.69, 9.17) is 20.2 Å². The highest BCUT2D eigenvalue weighted by Crippen LogP contribution is 2.32. The normalized spacial score (nSPS) is 19.6. The minimum atomic E-state index is -3.85. The highest BCUT2D eigenvalue weighted by atomic mass is 35.7. The van der Waals surface area contributed by atoms with E-state index in [0.717, 1.165) is 19.4 Å². The minimum absolute atomic E-state index is 0.00740. The zero-order chi connectivity index (χ0) is 14.9. The van der Waals surface area contributed by atoms with Crippen LogP contribution in [0.5, 0.6) is 5.75 Å². The molecule has 21 heavy (non-hydrogen) atoms. The fourth-order valence-electron chi connectivity index (χ4n) is 2.40. The predicted molar refractivity (Wildman–Crippen MR) is 79.3 cm³/mol. The van der Waals surface area contributed by atoms with Crippen LogP contribution in [0.4, 0.5) is 0 Å². The topological polar surface area (TPSA) is 65.5 Å². The average Bonchev–Trinajstić information content (AvgIpc) is 2.47. The molecule has 0 aliphatic carbocycles. The summed E-state index contributed by atoms with van der Waals surface area (Å²) in [6, 6.07) is 6.55. The molecule has 0 bridgehead atoms. The van der Waals surface area contributed by atoms with E-state index in [1.165, 1.54) is 12.3 Å². The molecule has 5 nitrogen and oxygen atoms in total. The summed E-state index contributed by atoms with van der Waals surface area (Å²) in [7, 11) is 1.60. The summed E-state index contributed by atoms with van der Waals surface area (Å²) in [6.07, 6.45) is 3.37. The maximum atomic E-state index is 11.6. The molecule has 0 saturated carbocycles. The number of nitrogens with zero attached hydrogens (tertiary/aromatic N) is 1. The third kappa shape index (κ3) is 3.12. The van der Waals surface area contributed by atoms with Gasteiger partial charge in [0.2, 0.25) is 0 Å². The van der Waals surface area contributed by atoms with Crippen LogP contribution in [-0.4, -0.2) is 32.7 Å². The number of aromatic nitrogens is 1. The second-order valence-corrected chi connectivity index (χ2v) is 7.39.